The number of amides is 2. The number of aromatic nitrogens is 5. The van der Waals surface area contributed by atoms with Crippen molar-refractivity contribution in [1.82, 2.24) is 30.0 Å². The molecule has 4 N–H and O–H groups in total. The molecule has 2 aliphatic rings. The van der Waals surface area contributed by atoms with Crippen LogP contribution < -0.4 is 20.9 Å². The van der Waals surface area contributed by atoms with Crippen molar-refractivity contribution < 1.29 is 14.6 Å². The van der Waals surface area contributed by atoms with Gasteiger partial charge in [0, 0.05) is 55.8 Å². The standard InChI is InChI=1S/C33H38N10O3/c1-42-20-25(19-38-42)23-7-12-30(35-17-23)43(33(45)37-16-22-5-3-2-4-6-22)27-10-8-26(9-11-27)39-32-36-18-24(15-34)31(41-32)40-28-21-46-14-13-29(28)44/h2-7,12,17-20,26-29,44H,8-11,13-14,16,21H2,1H3,(H,37,45)(H2,36,39,40,41)/t26-,27-,28?,29?. The zero-order valence-electron chi connectivity index (χ0n) is 25.7. The summed E-state index contributed by atoms with van der Waals surface area (Å²) >= 11 is 0. The average Bonchev–Trinajstić information content (AvgIpc) is 3.53. The SMILES string of the molecule is Cn1cc(-c2ccc(N(C(=O)NCc3ccccc3)[C@H]3CC[C@H](Nc4ncc(C#N)c(NC5COCCC5O)n4)CC3)nc2)cn1. The second-order valence-electron chi connectivity index (χ2n) is 11.7. The van der Waals surface area contributed by atoms with Crippen LogP contribution in [-0.2, 0) is 18.3 Å². The van der Waals surface area contributed by atoms with Crippen LogP contribution in [0.1, 0.15) is 43.2 Å². The van der Waals surface area contributed by atoms with Crippen molar-refractivity contribution in [1.29, 1.82) is 5.26 Å². The van der Waals surface area contributed by atoms with Gasteiger partial charge >= 0.3 is 6.03 Å². The fraction of sp³-hybridized carbons (Fsp3) is 0.394. The van der Waals surface area contributed by atoms with Gasteiger partial charge in [-0.05, 0) is 49.8 Å². The number of nitrogens with one attached hydrogen (secondary N) is 3. The summed E-state index contributed by atoms with van der Waals surface area (Å²) in [5.41, 5.74) is 3.20. The number of hydrogen-bond acceptors (Lipinski definition) is 10. The number of nitriles is 1. The van der Waals surface area contributed by atoms with Crippen molar-refractivity contribution in [2.24, 2.45) is 7.05 Å². The van der Waals surface area contributed by atoms with Crippen LogP contribution in [0.5, 0.6) is 0 Å². The molecule has 2 atom stereocenters. The molecule has 4 aromatic rings. The first-order valence-corrected chi connectivity index (χ1v) is 15.6. The van der Waals surface area contributed by atoms with Crippen LogP contribution >= 0.6 is 0 Å². The van der Waals surface area contributed by atoms with Crippen LogP contribution in [0.25, 0.3) is 11.1 Å². The maximum absolute atomic E-state index is 13.7. The Labute approximate surface area is 267 Å². The molecule has 2 unspecified atom stereocenters. The summed E-state index contributed by atoms with van der Waals surface area (Å²) in [6, 6.07) is 15.3. The number of urea groups is 1. The number of benzene rings is 1. The molecule has 0 spiro atoms. The third kappa shape index (κ3) is 7.42. The molecule has 46 heavy (non-hydrogen) atoms. The highest BCUT2D eigenvalue weighted by Crippen LogP contribution is 2.30. The van der Waals surface area contributed by atoms with E-state index in [-0.39, 0.29) is 24.2 Å². The molecule has 6 rings (SSSR count). The van der Waals surface area contributed by atoms with Crippen molar-refractivity contribution in [3.05, 3.63) is 78.4 Å². The van der Waals surface area contributed by atoms with Crippen LogP contribution in [0, 0.1) is 11.3 Å². The maximum atomic E-state index is 13.7. The lowest BCUT2D eigenvalue weighted by Crippen LogP contribution is -2.49. The average molecular weight is 623 g/mol. The number of nitrogens with zero attached hydrogens (tertiary/aromatic N) is 7. The van der Waals surface area contributed by atoms with Gasteiger partial charge in [-0.1, -0.05) is 30.3 Å². The van der Waals surface area contributed by atoms with E-state index in [0.717, 1.165) is 42.4 Å². The van der Waals surface area contributed by atoms with Crippen LogP contribution in [-0.4, -0.2) is 73.3 Å². The van der Waals surface area contributed by atoms with Gasteiger partial charge in [0.25, 0.3) is 0 Å². The fourth-order valence-electron chi connectivity index (χ4n) is 5.93. The summed E-state index contributed by atoms with van der Waals surface area (Å²) in [6.07, 6.45) is 9.97. The predicted molar refractivity (Wildman–Crippen MR) is 173 cm³/mol. The van der Waals surface area contributed by atoms with E-state index in [9.17, 15) is 15.2 Å². The molecule has 1 aromatic carbocycles. The highest BCUT2D eigenvalue weighted by Gasteiger charge is 2.31. The maximum Gasteiger partial charge on any atom is 0.323 e. The molecule has 3 aromatic heterocycles. The largest absolute Gasteiger partial charge is 0.391 e. The van der Waals surface area contributed by atoms with E-state index in [1.54, 1.807) is 22.0 Å². The minimum Gasteiger partial charge on any atom is -0.391 e. The number of anilines is 3. The summed E-state index contributed by atoms with van der Waals surface area (Å²) in [7, 11) is 1.87. The Balaban J connectivity index is 1.13. The molecule has 1 saturated carbocycles. The molecular formula is C33H38N10O3. The summed E-state index contributed by atoms with van der Waals surface area (Å²) in [5.74, 6) is 1.36. The molecule has 4 heterocycles. The first kappa shape index (κ1) is 30.9. The van der Waals surface area contributed by atoms with Gasteiger partial charge in [-0.25, -0.2) is 14.8 Å². The molecule has 0 radical (unpaired) electrons. The van der Waals surface area contributed by atoms with Crippen LogP contribution in [0.4, 0.5) is 22.4 Å². The Hall–Kier alpha value is -5.06. The summed E-state index contributed by atoms with van der Waals surface area (Å²) in [6.45, 7) is 1.25. The zero-order valence-corrected chi connectivity index (χ0v) is 25.7. The normalized spacial score (nSPS) is 21.2. The van der Waals surface area contributed by atoms with Crippen LogP contribution in [0.15, 0.2) is 67.3 Å². The second kappa shape index (κ2) is 14.4. The Morgan fingerprint density at radius 1 is 1.04 bits per heavy atom. The fourth-order valence-corrected chi connectivity index (χ4v) is 5.93. The second-order valence-corrected chi connectivity index (χ2v) is 11.7. The van der Waals surface area contributed by atoms with Gasteiger partial charge in [-0.15, -0.1) is 0 Å². The smallest absolute Gasteiger partial charge is 0.323 e. The molecule has 238 valence electrons. The number of rotatable bonds is 9. The first-order chi connectivity index (χ1) is 22.5. The number of aliphatic hydroxyl groups is 1. The van der Waals surface area contributed by atoms with Gasteiger partial charge in [0.05, 0.1) is 31.1 Å². The third-order valence-electron chi connectivity index (χ3n) is 8.48. The Morgan fingerprint density at radius 3 is 2.57 bits per heavy atom. The molecule has 0 bridgehead atoms. The van der Waals surface area contributed by atoms with Crippen molar-refractivity contribution in [2.75, 3.05) is 28.7 Å². The van der Waals surface area contributed by atoms with Gasteiger partial charge in [-0.2, -0.15) is 15.3 Å². The zero-order chi connectivity index (χ0) is 31.9. The summed E-state index contributed by atoms with van der Waals surface area (Å²) in [4.78, 5) is 29.1. The minimum atomic E-state index is -0.587. The molecule has 1 aliphatic heterocycles. The lowest BCUT2D eigenvalue weighted by molar-refractivity contribution is 0.00304. The van der Waals surface area contributed by atoms with Gasteiger partial charge < -0.3 is 25.8 Å². The number of aliphatic hydroxyl groups excluding tert-OH is 1. The van der Waals surface area contributed by atoms with E-state index < -0.39 is 6.10 Å². The highest BCUT2D eigenvalue weighted by atomic mass is 16.5. The van der Waals surface area contributed by atoms with E-state index in [1.807, 2.05) is 55.7 Å². The number of pyridine rings is 1. The van der Waals surface area contributed by atoms with Gasteiger partial charge in [0.1, 0.15) is 23.3 Å². The number of hydrogen-bond donors (Lipinski definition) is 4. The van der Waals surface area contributed by atoms with Crippen LogP contribution in [0.2, 0.25) is 0 Å². The minimum absolute atomic E-state index is 0.0579. The van der Waals surface area contributed by atoms with Crippen molar-refractivity contribution in [3.8, 4) is 17.2 Å². The highest BCUT2D eigenvalue weighted by molar-refractivity contribution is 5.91. The Kier molecular flexibility index (Phi) is 9.66. The van der Waals surface area contributed by atoms with Gasteiger partial charge in [-0.3, -0.25) is 9.58 Å². The Bertz CT molecular complexity index is 1650. The lowest BCUT2D eigenvalue weighted by Gasteiger charge is -2.36. The lowest BCUT2D eigenvalue weighted by atomic mass is 9.90. The van der Waals surface area contributed by atoms with E-state index in [4.69, 9.17) is 9.72 Å². The van der Waals surface area contributed by atoms with Gasteiger partial charge in [0.2, 0.25) is 5.95 Å². The monoisotopic (exact) mass is 622 g/mol. The molecule has 13 heteroatoms. The molecule has 2 amide bonds. The predicted octanol–water partition coefficient (Wildman–Crippen LogP) is 3.84. The molecular weight excluding hydrogens is 584 g/mol. The summed E-state index contributed by atoms with van der Waals surface area (Å²) in [5, 5.41) is 33.9. The van der Waals surface area contributed by atoms with E-state index >= 15 is 0 Å². The molecule has 1 saturated heterocycles. The third-order valence-corrected chi connectivity index (χ3v) is 8.48. The van der Waals surface area contributed by atoms with Crippen molar-refractivity contribution in [3.63, 3.8) is 0 Å². The van der Waals surface area contributed by atoms with E-state index in [1.165, 1.54) is 6.20 Å². The van der Waals surface area contributed by atoms with Crippen molar-refractivity contribution >= 4 is 23.6 Å². The molecule has 1 aliphatic carbocycles. The first-order valence-electron chi connectivity index (χ1n) is 15.6. The molecule has 2 fully saturated rings. The number of aryl methyl sites for hydroxylation is 1. The van der Waals surface area contributed by atoms with Crippen LogP contribution in [0.3, 0.4) is 0 Å². The van der Waals surface area contributed by atoms with E-state index in [2.05, 4.69) is 37.1 Å². The Morgan fingerprint density at radius 2 is 1.87 bits per heavy atom. The summed E-state index contributed by atoms with van der Waals surface area (Å²) < 4.78 is 7.23. The topological polar surface area (TPSA) is 166 Å². The number of carbonyl (C=O) groups excluding carboxylic acids is 1. The van der Waals surface area contributed by atoms with E-state index in [0.29, 0.717) is 49.3 Å². The molecule has 13 nitrogen and oxygen atoms in total. The quantitative estimate of drug-likeness (QED) is 0.215. The van der Waals surface area contributed by atoms with Gasteiger partial charge in [0.15, 0.2) is 0 Å². The number of carbonyl (C=O) groups is 1. The number of ether oxygens (including phenoxy) is 1. The van der Waals surface area contributed by atoms with Crippen molar-refractivity contribution in [2.45, 2.75) is 62.9 Å².